The van der Waals surface area contributed by atoms with Crippen LogP contribution in [0, 0.1) is 0 Å². The zero-order chi connectivity index (χ0) is 14.5. The van der Waals surface area contributed by atoms with Crippen molar-refractivity contribution in [1.82, 2.24) is 10.2 Å². The first-order valence-corrected chi connectivity index (χ1v) is 7.14. The first-order valence-electron chi connectivity index (χ1n) is 6.35. The molecule has 20 heavy (non-hydrogen) atoms. The predicted octanol–water partition coefficient (Wildman–Crippen LogP) is 2.91. The number of nitrogens with zero attached hydrogens (tertiary/aromatic N) is 1. The zero-order valence-electron chi connectivity index (χ0n) is 11.0. The first-order chi connectivity index (χ1) is 9.44. The van der Waals surface area contributed by atoms with Gasteiger partial charge in [-0.15, -0.1) is 6.58 Å². The average molecular weight is 339 g/mol. The number of urea groups is 1. The third kappa shape index (κ3) is 1.86. The molecule has 2 atom stereocenters. The molecule has 0 saturated carbocycles. The molecule has 3 rings (SSSR count). The fourth-order valence-corrected chi connectivity index (χ4v) is 3.40. The summed E-state index contributed by atoms with van der Waals surface area (Å²) in [7, 11) is 0. The number of aromatic hydroxyl groups is 1. The summed E-state index contributed by atoms with van der Waals surface area (Å²) < 4.78 is 6.75. The van der Waals surface area contributed by atoms with E-state index in [2.05, 4.69) is 27.8 Å². The van der Waals surface area contributed by atoms with E-state index in [1.54, 1.807) is 23.1 Å². The molecule has 2 heterocycles. The Morgan fingerprint density at radius 2 is 2.45 bits per heavy atom. The standard InChI is InChI=1S/C14H15BrN2O3/c1-3-4-17-13(19)16-11-7-14(17,2)20-12-9(11)5-8(18)6-10(12)15/h3,5-6,11,18H,1,4,7H2,2H3,(H,16,19). The van der Waals surface area contributed by atoms with E-state index in [4.69, 9.17) is 4.74 Å². The molecular formula is C14H15BrN2O3. The van der Waals surface area contributed by atoms with Gasteiger partial charge in [-0.3, -0.25) is 4.90 Å². The van der Waals surface area contributed by atoms with Crippen molar-refractivity contribution in [2.45, 2.75) is 25.1 Å². The number of phenolic OH excluding ortho intramolecular Hbond substituents is 1. The maximum Gasteiger partial charge on any atom is 0.321 e. The Morgan fingerprint density at radius 3 is 3.15 bits per heavy atom. The van der Waals surface area contributed by atoms with Gasteiger partial charge in [-0.05, 0) is 35.0 Å². The molecule has 0 aromatic heterocycles. The van der Waals surface area contributed by atoms with Gasteiger partial charge in [0, 0.05) is 18.5 Å². The average Bonchev–Trinajstić information content (AvgIpc) is 2.36. The number of halogens is 1. The van der Waals surface area contributed by atoms with E-state index in [1.807, 2.05) is 6.92 Å². The van der Waals surface area contributed by atoms with Crippen molar-refractivity contribution in [2.75, 3.05) is 6.54 Å². The lowest BCUT2D eigenvalue weighted by Crippen LogP contribution is -2.64. The zero-order valence-corrected chi connectivity index (χ0v) is 12.6. The van der Waals surface area contributed by atoms with Crippen LogP contribution in [0.1, 0.15) is 24.9 Å². The van der Waals surface area contributed by atoms with Gasteiger partial charge in [0.25, 0.3) is 0 Å². The molecule has 0 radical (unpaired) electrons. The number of carbonyl (C=O) groups excluding carboxylic acids is 1. The Morgan fingerprint density at radius 1 is 1.70 bits per heavy atom. The van der Waals surface area contributed by atoms with Crippen LogP contribution >= 0.6 is 15.9 Å². The van der Waals surface area contributed by atoms with Gasteiger partial charge in [0.2, 0.25) is 0 Å². The lowest BCUT2D eigenvalue weighted by molar-refractivity contribution is -0.0794. The van der Waals surface area contributed by atoms with Crippen molar-refractivity contribution in [3.63, 3.8) is 0 Å². The smallest absolute Gasteiger partial charge is 0.321 e. The van der Waals surface area contributed by atoms with Crippen LogP contribution in [-0.4, -0.2) is 28.3 Å². The van der Waals surface area contributed by atoms with Gasteiger partial charge in [0.15, 0.2) is 5.72 Å². The molecule has 0 spiro atoms. The minimum Gasteiger partial charge on any atom is -0.508 e. The first kappa shape index (κ1) is 13.3. The fraction of sp³-hybridized carbons (Fsp3) is 0.357. The van der Waals surface area contributed by atoms with E-state index in [9.17, 15) is 9.90 Å². The van der Waals surface area contributed by atoms with Crippen LogP contribution in [-0.2, 0) is 0 Å². The highest BCUT2D eigenvalue weighted by atomic mass is 79.9. The molecule has 2 aliphatic heterocycles. The highest BCUT2D eigenvalue weighted by Gasteiger charge is 2.49. The van der Waals surface area contributed by atoms with Crippen LogP contribution in [0.2, 0.25) is 0 Å². The quantitative estimate of drug-likeness (QED) is 0.815. The van der Waals surface area contributed by atoms with Crippen LogP contribution in [0.15, 0.2) is 29.3 Å². The number of hydrogen-bond acceptors (Lipinski definition) is 3. The summed E-state index contributed by atoms with van der Waals surface area (Å²) in [4.78, 5) is 13.8. The van der Waals surface area contributed by atoms with E-state index in [1.165, 1.54) is 0 Å². The third-order valence-electron chi connectivity index (χ3n) is 3.76. The van der Waals surface area contributed by atoms with Crippen LogP contribution in [0.5, 0.6) is 11.5 Å². The highest BCUT2D eigenvalue weighted by molar-refractivity contribution is 9.10. The number of amides is 2. The monoisotopic (exact) mass is 338 g/mol. The molecular weight excluding hydrogens is 324 g/mol. The normalized spacial score (nSPS) is 27.4. The Labute approximate surface area is 125 Å². The van der Waals surface area contributed by atoms with Crippen LogP contribution < -0.4 is 10.1 Å². The van der Waals surface area contributed by atoms with E-state index in [0.717, 1.165) is 5.56 Å². The van der Waals surface area contributed by atoms with Gasteiger partial charge in [-0.2, -0.15) is 0 Å². The SMILES string of the molecule is C=CCN1C(=O)NC2CC1(C)Oc1c(Br)cc(O)cc12. The van der Waals surface area contributed by atoms with Crippen molar-refractivity contribution >= 4 is 22.0 Å². The topological polar surface area (TPSA) is 61.8 Å². The van der Waals surface area contributed by atoms with E-state index in [0.29, 0.717) is 23.2 Å². The Hall–Kier alpha value is -1.69. The number of hydrogen-bond donors (Lipinski definition) is 2. The largest absolute Gasteiger partial charge is 0.508 e. The number of nitrogens with one attached hydrogen (secondary N) is 1. The fourth-order valence-electron chi connectivity index (χ4n) is 2.86. The van der Waals surface area contributed by atoms with Gasteiger partial charge < -0.3 is 15.2 Å². The molecule has 1 aromatic rings. The van der Waals surface area contributed by atoms with Crippen molar-refractivity contribution in [3.8, 4) is 11.5 Å². The Balaban J connectivity index is 2.10. The summed E-state index contributed by atoms with van der Waals surface area (Å²) >= 11 is 3.40. The lowest BCUT2D eigenvalue weighted by Gasteiger charge is -2.50. The van der Waals surface area contributed by atoms with Crippen LogP contribution in [0.25, 0.3) is 0 Å². The van der Waals surface area contributed by atoms with E-state index < -0.39 is 5.72 Å². The molecule has 2 amide bonds. The number of rotatable bonds is 2. The molecule has 1 fully saturated rings. The molecule has 2 N–H and O–H groups in total. The summed E-state index contributed by atoms with van der Waals surface area (Å²) in [5.41, 5.74) is 0.0779. The molecule has 0 aliphatic carbocycles. The summed E-state index contributed by atoms with van der Waals surface area (Å²) in [6.45, 7) is 5.99. The summed E-state index contributed by atoms with van der Waals surface area (Å²) in [5.74, 6) is 0.807. The molecule has 106 valence electrons. The number of ether oxygens (including phenoxy) is 1. The Bertz CT molecular complexity index is 604. The second-order valence-corrected chi connectivity index (χ2v) is 6.08. The molecule has 2 bridgehead atoms. The molecule has 5 nitrogen and oxygen atoms in total. The van der Waals surface area contributed by atoms with Crippen LogP contribution in [0.4, 0.5) is 4.79 Å². The molecule has 2 aliphatic rings. The maximum atomic E-state index is 12.2. The van der Waals surface area contributed by atoms with Crippen molar-refractivity contribution < 1.29 is 14.6 Å². The second kappa shape index (κ2) is 4.41. The summed E-state index contributed by atoms with van der Waals surface area (Å²) in [5, 5.41) is 12.7. The molecule has 6 heteroatoms. The summed E-state index contributed by atoms with van der Waals surface area (Å²) in [6, 6.07) is 2.87. The molecule has 1 aromatic carbocycles. The third-order valence-corrected chi connectivity index (χ3v) is 4.35. The van der Waals surface area contributed by atoms with Gasteiger partial charge in [-0.25, -0.2) is 4.79 Å². The predicted molar refractivity (Wildman–Crippen MR) is 77.6 cm³/mol. The Kier molecular flexibility index (Phi) is 2.93. The van der Waals surface area contributed by atoms with Gasteiger partial charge in [0.05, 0.1) is 10.5 Å². The molecule has 2 unspecified atom stereocenters. The number of carbonyl (C=O) groups is 1. The minimum atomic E-state index is -0.715. The number of phenols is 1. The number of fused-ring (bicyclic) bond motifs is 4. The maximum absolute atomic E-state index is 12.2. The highest BCUT2D eigenvalue weighted by Crippen LogP contribution is 2.48. The van der Waals surface area contributed by atoms with Gasteiger partial charge in [0.1, 0.15) is 11.5 Å². The van der Waals surface area contributed by atoms with Gasteiger partial charge in [-0.1, -0.05) is 6.08 Å². The summed E-state index contributed by atoms with van der Waals surface area (Å²) in [6.07, 6.45) is 2.30. The van der Waals surface area contributed by atoms with Crippen molar-refractivity contribution in [3.05, 3.63) is 34.8 Å². The van der Waals surface area contributed by atoms with Crippen molar-refractivity contribution in [1.29, 1.82) is 0 Å². The van der Waals surface area contributed by atoms with Crippen molar-refractivity contribution in [2.24, 2.45) is 0 Å². The van der Waals surface area contributed by atoms with E-state index >= 15 is 0 Å². The number of benzene rings is 1. The molecule has 1 saturated heterocycles. The van der Waals surface area contributed by atoms with Crippen LogP contribution in [0.3, 0.4) is 0 Å². The van der Waals surface area contributed by atoms with E-state index in [-0.39, 0.29) is 17.8 Å². The lowest BCUT2D eigenvalue weighted by atomic mass is 9.90. The minimum absolute atomic E-state index is 0.144. The second-order valence-electron chi connectivity index (χ2n) is 5.23. The van der Waals surface area contributed by atoms with Gasteiger partial charge >= 0.3 is 6.03 Å².